The number of fused-ring (bicyclic) bond motifs is 1. The van der Waals surface area contributed by atoms with E-state index in [9.17, 15) is 14.4 Å². The van der Waals surface area contributed by atoms with Crippen molar-refractivity contribution in [2.45, 2.75) is 86.1 Å². The maximum Gasteiger partial charge on any atom is 0.410 e. The molecule has 5 aromatic rings. The van der Waals surface area contributed by atoms with Crippen LogP contribution in [0.4, 0.5) is 16.2 Å². The average Bonchev–Trinajstić information content (AvgIpc) is 3.50. The van der Waals surface area contributed by atoms with E-state index in [-0.39, 0.29) is 42.7 Å². The third-order valence-electron chi connectivity index (χ3n) is 10.2. The fraction of sp³-hybridized carbons (Fsp3) is 0.354. The molecule has 13 nitrogen and oxygen atoms in total. The quantitative estimate of drug-likeness (QED) is 0.0889. The first kappa shape index (κ1) is 45.2. The van der Waals surface area contributed by atoms with Crippen LogP contribution in [0.15, 0.2) is 90.4 Å². The molecule has 3 heterocycles. The molecule has 0 saturated carbocycles. The summed E-state index contributed by atoms with van der Waals surface area (Å²) in [4.78, 5) is 63.5. The van der Waals surface area contributed by atoms with Crippen molar-refractivity contribution < 1.29 is 33.3 Å². The number of nitrogens with zero attached hydrogens (tertiary/aromatic N) is 5. The van der Waals surface area contributed by atoms with E-state index in [2.05, 4.69) is 11.6 Å². The fourth-order valence-corrected chi connectivity index (χ4v) is 7.34. The zero-order chi connectivity index (χ0) is 45.1. The minimum absolute atomic E-state index is 0.0155. The second-order valence-electron chi connectivity index (χ2n) is 17.1. The van der Waals surface area contributed by atoms with Gasteiger partial charge in [-0.15, -0.1) is 0 Å². The Labute approximate surface area is 367 Å². The Balaban J connectivity index is 1.33. The number of ether oxygens (including phenoxy) is 4. The molecule has 0 unspecified atom stereocenters. The number of carbonyl (C=O) groups excluding carboxylic acids is 3. The third kappa shape index (κ3) is 10.2. The average molecular weight is 864 g/mol. The van der Waals surface area contributed by atoms with Crippen LogP contribution >= 0.6 is 11.6 Å². The molecule has 0 aliphatic carbocycles. The lowest BCUT2D eigenvalue weighted by Gasteiger charge is -2.32. The standard InChI is InChI=1S/C48H54ClN5O8/c1-11-24-59-35-18-16-34(17-19-35)54(43(55)38-27-40(51(10)30(38)2)39-26-33(49)15-20-37(39)45(57)61-47(4,5)6)41-28-50-31(3)53(44(41)56)23-25-60-42-14-12-13-32-29-52(22-21-36(32)42)46(58)62-48(7,8)9/h11-20,26-28H,1,21-25,29H2,2-10H3. The first-order valence-electron chi connectivity index (χ1n) is 20.4. The summed E-state index contributed by atoms with van der Waals surface area (Å²) in [5.41, 5.74) is 2.71. The Kier molecular flexibility index (Phi) is 13.4. The number of rotatable bonds is 12. The SMILES string of the molecule is C=CCOc1ccc(N(C(=O)c2cc(-c3cc(Cl)ccc3C(=O)OC(C)(C)C)n(C)c2C)c2cnc(C)n(CCOc3cccc4c3CCN(C(=O)OC(C)(C)C)C4)c2=O)cc1. The van der Waals surface area contributed by atoms with Crippen molar-refractivity contribution in [1.82, 2.24) is 19.0 Å². The van der Waals surface area contributed by atoms with Crippen molar-refractivity contribution in [2.75, 3.05) is 24.7 Å². The van der Waals surface area contributed by atoms with Crippen LogP contribution in [-0.4, -0.2) is 67.9 Å². The number of aromatic nitrogens is 3. The van der Waals surface area contributed by atoms with Gasteiger partial charge in [0.15, 0.2) is 0 Å². The zero-order valence-corrected chi connectivity index (χ0v) is 37.6. The number of carbonyl (C=O) groups is 3. The summed E-state index contributed by atoms with van der Waals surface area (Å²) >= 11 is 6.48. The zero-order valence-electron chi connectivity index (χ0n) is 36.8. The lowest BCUT2D eigenvalue weighted by Crippen LogP contribution is -2.40. The summed E-state index contributed by atoms with van der Waals surface area (Å²) in [7, 11) is 1.79. The van der Waals surface area contributed by atoms with E-state index in [4.69, 9.17) is 30.5 Å². The van der Waals surface area contributed by atoms with Crippen LogP contribution in [0.25, 0.3) is 11.3 Å². The van der Waals surface area contributed by atoms with Gasteiger partial charge in [-0.1, -0.05) is 36.4 Å². The Morgan fingerprint density at radius 1 is 0.919 bits per heavy atom. The first-order chi connectivity index (χ1) is 29.3. The van der Waals surface area contributed by atoms with Crippen LogP contribution in [0.3, 0.4) is 0 Å². The number of benzene rings is 3. The van der Waals surface area contributed by atoms with Gasteiger partial charge in [-0.3, -0.25) is 19.1 Å². The second kappa shape index (κ2) is 18.3. The smallest absolute Gasteiger partial charge is 0.410 e. The highest BCUT2D eigenvalue weighted by Gasteiger charge is 2.31. The summed E-state index contributed by atoms with van der Waals surface area (Å²) in [5.74, 6) is 0.601. The van der Waals surface area contributed by atoms with E-state index >= 15 is 4.79 Å². The second-order valence-corrected chi connectivity index (χ2v) is 17.5. The van der Waals surface area contributed by atoms with Crippen LogP contribution in [0.1, 0.15) is 84.9 Å². The number of amides is 2. The summed E-state index contributed by atoms with van der Waals surface area (Å²) in [5, 5.41) is 0.395. The molecule has 2 amide bonds. The van der Waals surface area contributed by atoms with Crippen molar-refractivity contribution in [2.24, 2.45) is 7.05 Å². The highest BCUT2D eigenvalue weighted by Crippen LogP contribution is 2.35. The number of halogens is 1. The van der Waals surface area contributed by atoms with Crippen molar-refractivity contribution in [3.05, 3.63) is 135 Å². The molecule has 0 N–H and O–H groups in total. The fourth-order valence-electron chi connectivity index (χ4n) is 7.17. The normalized spacial score (nSPS) is 12.6. The largest absolute Gasteiger partial charge is 0.491 e. The molecule has 3 aromatic carbocycles. The topological polar surface area (TPSA) is 134 Å². The first-order valence-corrected chi connectivity index (χ1v) is 20.8. The van der Waals surface area contributed by atoms with Crippen molar-refractivity contribution in [3.63, 3.8) is 0 Å². The number of esters is 1. The summed E-state index contributed by atoms with van der Waals surface area (Å²) < 4.78 is 26.6. The van der Waals surface area contributed by atoms with Gasteiger partial charge in [0.2, 0.25) is 0 Å². The summed E-state index contributed by atoms with van der Waals surface area (Å²) in [6.45, 7) is 19.5. The Bertz CT molecular complexity index is 2560. The highest BCUT2D eigenvalue weighted by molar-refractivity contribution is 6.31. The van der Waals surface area contributed by atoms with Crippen molar-refractivity contribution in [3.8, 4) is 22.8 Å². The van der Waals surface area contributed by atoms with Gasteiger partial charge in [-0.05, 0) is 122 Å². The summed E-state index contributed by atoms with van der Waals surface area (Å²) in [6.07, 6.45) is 3.24. The lowest BCUT2D eigenvalue weighted by atomic mass is 9.99. The molecule has 0 atom stereocenters. The lowest BCUT2D eigenvalue weighted by molar-refractivity contribution is 0.00694. The molecule has 2 aromatic heterocycles. The van der Waals surface area contributed by atoms with Gasteiger partial charge in [0, 0.05) is 53.4 Å². The van der Waals surface area contributed by atoms with Gasteiger partial charge in [0.1, 0.15) is 47.4 Å². The van der Waals surface area contributed by atoms with E-state index in [1.807, 2.05) is 39.0 Å². The number of aryl methyl sites for hydroxylation is 1. The van der Waals surface area contributed by atoms with Gasteiger partial charge < -0.3 is 28.4 Å². The molecule has 0 fully saturated rings. The van der Waals surface area contributed by atoms with Crippen LogP contribution in [0.2, 0.25) is 5.02 Å². The monoisotopic (exact) mass is 863 g/mol. The molecule has 0 saturated heterocycles. The molecule has 62 heavy (non-hydrogen) atoms. The molecule has 6 rings (SSSR count). The van der Waals surface area contributed by atoms with Gasteiger partial charge in [-0.25, -0.2) is 14.6 Å². The molecule has 326 valence electrons. The van der Waals surface area contributed by atoms with Gasteiger partial charge in [0.25, 0.3) is 11.5 Å². The van der Waals surface area contributed by atoms with E-state index in [1.54, 1.807) is 106 Å². The van der Waals surface area contributed by atoms with Crippen molar-refractivity contribution in [1.29, 1.82) is 0 Å². The molecule has 0 radical (unpaired) electrons. The predicted octanol–water partition coefficient (Wildman–Crippen LogP) is 9.39. The van der Waals surface area contributed by atoms with E-state index in [0.717, 1.165) is 11.1 Å². The molecule has 1 aliphatic heterocycles. The van der Waals surface area contributed by atoms with Crippen molar-refractivity contribution >= 4 is 40.9 Å². The molecule has 0 bridgehead atoms. The summed E-state index contributed by atoms with van der Waals surface area (Å²) in [6, 6.07) is 19.1. The van der Waals surface area contributed by atoms with Crippen LogP contribution in [-0.2, 0) is 36.0 Å². The molecule has 1 aliphatic rings. The van der Waals surface area contributed by atoms with E-state index in [1.165, 1.54) is 15.7 Å². The maximum atomic E-state index is 15.0. The Hall–Kier alpha value is -6.34. The van der Waals surface area contributed by atoms with Crippen LogP contribution in [0.5, 0.6) is 11.5 Å². The Morgan fingerprint density at radius 3 is 2.31 bits per heavy atom. The van der Waals surface area contributed by atoms with E-state index < -0.39 is 28.6 Å². The van der Waals surface area contributed by atoms with Gasteiger partial charge in [0.05, 0.1) is 23.9 Å². The highest BCUT2D eigenvalue weighted by atomic mass is 35.5. The number of hydrogen-bond donors (Lipinski definition) is 0. The predicted molar refractivity (Wildman–Crippen MR) is 240 cm³/mol. The molecular formula is C48H54ClN5O8. The van der Waals surface area contributed by atoms with Crippen LogP contribution in [0, 0.1) is 13.8 Å². The van der Waals surface area contributed by atoms with Crippen LogP contribution < -0.4 is 19.9 Å². The Morgan fingerprint density at radius 2 is 1.63 bits per heavy atom. The van der Waals surface area contributed by atoms with E-state index in [0.29, 0.717) is 64.5 Å². The molecule has 14 heteroatoms. The maximum absolute atomic E-state index is 15.0. The molecular weight excluding hydrogens is 810 g/mol. The minimum atomic E-state index is -0.749. The third-order valence-corrected chi connectivity index (χ3v) is 10.5. The molecule has 0 spiro atoms. The van der Waals surface area contributed by atoms with Gasteiger partial charge >= 0.3 is 12.1 Å². The number of anilines is 2. The minimum Gasteiger partial charge on any atom is -0.491 e. The van der Waals surface area contributed by atoms with Gasteiger partial charge in [-0.2, -0.15) is 0 Å². The number of hydrogen-bond acceptors (Lipinski definition) is 9.